The first kappa shape index (κ1) is 15.6. The molecule has 2 heteroatoms. The molecule has 0 spiro atoms. The van der Waals surface area contributed by atoms with Crippen LogP contribution < -0.4 is 0 Å². The van der Waals surface area contributed by atoms with Gasteiger partial charge in [-0.15, -0.1) is 0 Å². The van der Waals surface area contributed by atoms with Crippen LogP contribution in [-0.4, -0.2) is 10.1 Å². The van der Waals surface area contributed by atoms with Gasteiger partial charge < -0.3 is 5.11 Å². The number of pyridine rings is 1. The van der Waals surface area contributed by atoms with Gasteiger partial charge in [-0.1, -0.05) is 57.2 Å². The molecule has 0 radical (unpaired) electrons. The largest absolute Gasteiger partial charge is 0.508 e. The van der Waals surface area contributed by atoms with E-state index in [1.54, 1.807) is 12.1 Å². The first-order valence-electron chi connectivity index (χ1n) is 8.04. The van der Waals surface area contributed by atoms with Crippen molar-refractivity contribution in [3.8, 4) is 16.9 Å². The van der Waals surface area contributed by atoms with Crippen molar-refractivity contribution in [1.82, 2.24) is 4.98 Å². The summed E-state index contributed by atoms with van der Waals surface area (Å²) < 4.78 is 0. The van der Waals surface area contributed by atoms with Gasteiger partial charge in [0, 0.05) is 17.5 Å². The number of aromatic hydroxyl groups is 1. The van der Waals surface area contributed by atoms with E-state index in [0.717, 1.165) is 17.5 Å². The minimum atomic E-state index is 0.298. The highest BCUT2D eigenvalue weighted by atomic mass is 16.3. The standard InChI is InChI=1S/C19H25NO/c1-2-3-4-5-6-7-8-18-12-9-17(15-20-18)16-10-13-19(21)14-11-16/h9-15,21H,2-8H2,1H3. The Morgan fingerprint density at radius 2 is 1.48 bits per heavy atom. The maximum Gasteiger partial charge on any atom is 0.115 e. The third-order valence-corrected chi connectivity index (χ3v) is 3.81. The fraction of sp³-hybridized carbons (Fsp3) is 0.421. The number of unbranched alkanes of at least 4 members (excludes halogenated alkanes) is 5. The number of aromatic nitrogens is 1. The number of nitrogens with zero attached hydrogens (tertiary/aromatic N) is 1. The molecule has 0 saturated heterocycles. The smallest absolute Gasteiger partial charge is 0.115 e. The van der Waals surface area contributed by atoms with Gasteiger partial charge in [0.1, 0.15) is 5.75 Å². The van der Waals surface area contributed by atoms with Gasteiger partial charge in [-0.2, -0.15) is 0 Å². The molecule has 0 saturated carbocycles. The monoisotopic (exact) mass is 283 g/mol. The maximum atomic E-state index is 9.31. The van der Waals surface area contributed by atoms with E-state index in [-0.39, 0.29) is 0 Å². The lowest BCUT2D eigenvalue weighted by molar-refractivity contribution is 0.475. The first-order chi connectivity index (χ1) is 10.3. The Morgan fingerprint density at radius 3 is 2.14 bits per heavy atom. The molecule has 0 aliphatic carbocycles. The summed E-state index contributed by atoms with van der Waals surface area (Å²) in [6.45, 7) is 2.25. The second-order valence-electron chi connectivity index (χ2n) is 5.60. The number of aryl methyl sites for hydroxylation is 1. The Kier molecular flexibility index (Phi) is 6.26. The van der Waals surface area contributed by atoms with E-state index in [1.165, 1.54) is 44.2 Å². The van der Waals surface area contributed by atoms with Crippen LogP contribution in [-0.2, 0) is 6.42 Å². The third-order valence-electron chi connectivity index (χ3n) is 3.81. The molecule has 112 valence electrons. The van der Waals surface area contributed by atoms with Gasteiger partial charge in [-0.25, -0.2) is 0 Å². The Balaban J connectivity index is 1.80. The minimum Gasteiger partial charge on any atom is -0.508 e. The average Bonchev–Trinajstić information content (AvgIpc) is 2.52. The van der Waals surface area contributed by atoms with Gasteiger partial charge >= 0.3 is 0 Å². The zero-order valence-electron chi connectivity index (χ0n) is 12.9. The van der Waals surface area contributed by atoms with Crippen molar-refractivity contribution in [2.75, 3.05) is 0 Å². The molecule has 1 aromatic heterocycles. The number of phenols is 1. The Hall–Kier alpha value is -1.83. The number of phenolic OH excluding ortho intramolecular Hbond substituents is 1. The first-order valence-corrected chi connectivity index (χ1v) is 8.04. The van der Waals surface area contributed by atoms with Crippen LogP contribution in [0.15, 0.2) is 42.6 Å². The molecular weight excluding hydrogens is 258 g/mol. The minimum absolute atomic E-state index is 0.298. The van der Waals surface area contributed by atoms with Crippen molar-refractivity contribution < 1.29 is 5.11 Å². The van der Waals surface area contributed by atoms with Gasteiger partial charge in [-0.3, -0.25) is 4.98 Å². The van der Waals surface area contributed by atoms with Crippen molar-refractivity contribution in [1.29, 1.82) is 0 Å². The Morgan fingerprint density at radius 1 is 0.810 bits per heavy atom. The summed E-state index contributed by atoms with van der Waals surface area (Å²) in [5.74, 6) is 0.298. The zero-order chi connectivity index (χ0) is 14.9. The topological polar surface area (TPSA) is 33.1 Å². The third kappa shape index (κ3) is 5.22. The Bertz CT molecular complexity index is 516. The number of hydrogen-bond acceptors (Lipinski definition) is 2. The highest BCUT2D eigenvalue weighted by Gasteiger charge is 2.00. The quantitative estimate of drug-likeness (QED) is 0.662. The molecule has 1 heterocycles. The van der Waals surface area contributed by atoms with Crippen LogP contribution in [0.25, 0.3) is 11.1 Å². The molecule has 2 rings (SSSR count). The molecule has 0 aliphatic rings. The fourth-order valence-electron chi connectivity index (χ4n) is 2.48. The molecule has 1 N–H and O–H groups in total. The fourth-order valence-corrected chi connectivity index (χ4v) is 2.48. The van der Waals surface area contributed by atoms with Crippen LogP contribution in [0.3, 0.4) is 0 Å². The summed E-state index contributed by atoms with van der Waals surface area (Å²) in [6, 6.07) is 11.5. The average molecular weight is 283 g/mol. The van der Waals surface area contributed by atoms with Gasteiger partial charge in [-0.05, 0) is 36.6 Å². The van der Waals surface area contributed by atoms with E-state index in [4.69, 9.17) is 0 Å². The molecule has 0 aliphatic heterocycles. The van der Waals surface area contributed by atoms with E-state index >= 15 is 0 Å². The number of rotatable bonds is 8. The highest BCUT2D eigenvalue weighted by molar-refractivity contribution is 5.63. The molecule has 0 bridgehead atoms. The predicted octanol–water partition coefficient (Wildman–Crippen LogP) is 5.36. The van der Waals surface area contributed by atoms with Crippen LogP contribution in [0.1, 0.15) is 51.1 Å². The molecule has 0 atom stereocenters. The lowest BCUT2D eigenvalue weighted by atomic mass is 10.1. The van der Waals surface area contributed by atoms with Crippen LogP contribution in [0.2, 0.25) is 0 Å². The second kappa shape index (κ2) is 8.46. The van der Waals surface area contributed by atoms with Gasteiger partial charge in [0.15, 0.2) is 0 Å². The normalized spacial score (nSPS) is 10.7. The van der Waals surface area contributed by atoms with Gasteiger partial charge in [0.05, 0.1) is 0 Å². The summed E-state index contributed by atoms with van der Waals surface area (Å²) in [7, 11) is 0. The van der Waals surface area contributed by atoms with Crippen LogP contribution in [0.5, 0.6) is 5.75 Å². The summed E-state index contributed by atoms with van der Waals surface area (Å²) in [5.41, 5.74) is 3.36. The van der Waals surface area contributed by atoms with Crippen LogP contribution >= 0.6 is 0 Å². The maximum absolute atomic E-state index is 9.31. The van der Waals surface area contributed by atoms with Crippen molar-refractivity contribution >= 4 is 0 Å². The number of benzene rings is 1. The van der Waals surface area contributed by atoms with Crippen molar-refractivity contribution in [3.05, 3.63) is 48.3 Å². The Labute approximate surface area is 127 Å². The van der Waals surface area contributed by atoms with E-state index in [9.17, 15) is 5.11 Å². The zero-order valence-corrected chi connectivity index (χ0v) is 12.9. The van der Waals surface area contributed by atoms with E-state index in [0.29, 0.717) is 5.75 Å². The lowest BCUT2D eigenvalue weighted by Gasteiger charge is -2.04. The van der Waals surface area contributed by atoms with E-state index < -0.39 is 0 Å². The molecule has 0 fully saturated rings. The van der Waals surface area contributed by atoms with Gasteiger partial charge in [0.25, 0.3) is 0 Å². The molecule has 1 aromatic carbocycles. The summed E-state index contributed by atoms with van der Waals surface area (Å²) in [5, 5.41) is 9.31. The molecular formula is C19H25NO. The SMILES string of the molecule is CCCCCCCCc1ccc(-c2ccc(O)cc2)cn1. The molecule has 2 nitrogen and oxygen atoms in total. The lowest BCUT2D eigenvalue weighted by Crippen LogP contribution is -1.91. The van der Waals surface area contributed by atoms with Gasteiger partial charge in [0.2, 0.25) is 0 Å². The molecule has 0 unspecified atom stereocenters. The molecule has 2 aromatic rings. The van der Waals surface area contributed by atoms with E-state index in [1.807, 2.05) is 18.3 Å². The highest BCUT2D eigenvalue weighted by Crippen LogP contribution is 2.21. The predicted molar refractivity (Wildman–Crippen MR) is 88.4 cm³/mol. The molecule has 21 heavy (non-hydrogen) atoms. The van der Waals surface area contributed by atoms with Crippen molar-refractivity contribution in [2.24, 2.45) is 0 Å². The van der Waals surface area contributed by atoms with Crippen molar-refractivity contribution in [2.45, 2.75) is 51.9 Å². The van der Waals surface area contributed by atoms with Crippen LogP contribution in [0, 0.1) is 0 Å². The summed E-state index contributed by atoms with van der Waals surface area (Å²) in [6.07, 6.45) is 10.9. The summed E-state index contributed by atoms with van der Waals surface area (Å²) >= 11 is 0. The summed E-state index contributed by atoms with van der Waals surface area (Å²) in [4.78, 5) is 4.55. The van der Waals surface area contributed by atoms with E-state index in [2.05, 4.69) is 24.0 Å². The van der Waals surface area contributed by atoms with Crippen LogP contribution in [0.4, 0.5) is 0 Å². The van der Waals surface area contributed by atoms with Crippen molar-refractivity contribution in [3.63, 3.8) is 0 Å². The second-order valence-corrected chi connectivity index (χ2v) is 5.60. The number of hydrogen-bond donors (Lipinski definition) is 1. The molecule has 0 amide bonds.